The summed E-state index contributed by atoms with van der Waals surface area (Å²) in [4.78, 5) is 24.5. The van der Waals surface area contributed by atoms with Crippen molar-refractivity contribution < 1.29 is 33.6 Å². The third-order valence-corrected chi connectivity index (χ3v) is 7.08. The van der Waals surface area contributed by atoms with E-state index in [4.69, 9.17) is 18.9 Å². The van der Waals surface area contributed by atoms with Gasteiger partial charge in [0.2, 0.25) is 0 Å². The quantitative estimate of drug-likeness (QED) is 0.0599. The molecular weight excluding hydrogens is 746 g/mol. The average Bonchev–Trinajstić information content (AvgIpc) is 2.91. The van der Waals surface area contributed by atoms with E-state index in [0.717, 1.165) is 18.5 Å². The molecule has 3 rings (SSSR count). The minimum absolute atomic E-state index is 0.128. The summed E-state index contributed by atoms with van der Waals surface area (Å²) < 4.78 is 24.0. The maximum absolute atomic E-state index is 12.4. The Morgan fingerprint density at radius 3 is 2.58 bits per heavy atom. The molecule has 0 fully saturated rings. The Morgan fingerprint density at radius 2 is 1.93 bits per heavy atom. The van der Waals surface area contributed by atoms with E-state index in [-0.39, 0.29) is 12.2 Å². The fourth-order valence-corrected chi connectivity index (χ4v) is 5.88. The third kappa shape index (κ3) is 8.23. The molecule has 13 heteroatoms. The summed E-state index contributed by atoms with van der Waals surface area (Å²) in [7, 11) is 1.28. The van der Waals surface area contributed by atoms with Crippen molar-refractivity contribution in [3.63, 3.8) is 0 Å². The number of nitrogens with one attached hydrogen (secondary N) is 3. The molecule has 1 aliphatic heterocycles. The average molecular weight is 776 g/mol. The summed E-state index contributed by atoms with van der Waals surface area (Å²) >= 11 is 4.39. The van der Waals surface area contributed by atoms with Crippen molar-refractivity contribution in [3.8, 4) is 17.2 Å². The Hall–Kier alpha value is -3.05. The number of allylic oxidation sites excluding steroid dienone is 1. The number of ether oxygens (including phenoxy) is 4. The van der Waals surface area contributed by atoms with E-state index in [1.807, 2.05) is 19.1 Å². The molecule has 0 aromatic heterocycles. The number of hydrogen-bond acceptors (Lipinski definition) is 9. The molecule has 2 aromatic carbocycles. The standard InChI is InChI=1S/C27H30I2N4O7/c1-5-9-39-25-18(28)10-16(11-19(25)29)13-30-33-22(34)14-40-20-8-7-17(12-21(20)38-6-2)24-23(26(35)37-4)15(3)31-27(36)32-24/h5,7-8,10-13,22,24,33-34H,1,6,9,14H2,2-4H3,(H2,31,32,36)/b30-13-/t22-,24-/m0/s1. The lowest BCUT2D eigenvalue weighted by atomic mass is 9.95. The SMILES string of the molecule is C=CCOc1c(I)cc(/C=N\N[C@@H](O)COc2ccc([C@@H]3NC(=O)NC(C)=C3C(=O)OC)cc2OCC)cc1I. The Labute approximate surface area is 259 Å². The second-order valence-corrected chi connectivity index (χ2v) is 10.7. The van der Waals surface area contributed by atoms with E-state index in [9.17, 15) is 14.7 Å². The molecule has 0 radical (unpaired) electrons. The molecule has 2 amide bonds. The van der Waals surface area contributed by atoms with Gasteiger partial charge in [-0.3, -0.25) is 5.43 Å². The first kappa shape index (κ1) is 31.5. The van der Waals surface area contributed by atoms with Crippen LogP contribution in [-0.4, -0.2) is 56.5 Å². The van der Waals surface area contributed by atoms with Crippen molar-refractivity contribution in [2.24, 2.45) is 5.10 Å². The zero-order valence-corrected chi connectivity index (χ0v) is 26.4. The fraction of sp³-hybridized carbons (Fsp3) is 0.296. The zero-order chi connectivity index (χ0) is 29.2. The van der Waals surface area contributed by atoms with Gasteiger partial charge in [-0.05, 0) is 94.4 Å². The van der Waals surface area contributed by atoms with Crippen molar-refractivity contribution in [3.05, 3.63) is 72.5 Å². The topological polar surface area (TPSA) is 140 Å². The van der Waals surface area contributed by atoms with Gasteiger partial charge < -0.3 is 34.7 Å². The maximum atomic E-state index is 12.4. The van der Waals surface area contributed by atoms with Crippen LogP contribution in [0, 0.1) is 7.14 Å². The lowest BCUT2D eigenvalue weighted by Crippen LogP contribution is -2.45. The van der Waals surface area contributed by atoms with E-state index in [2.05, 4.69) is 72.9 Å². The van der Waals surface area contributed by atoms with Crippen molar-refractivity contribution in [1.82, 2.24) is 16.1 Å². The number of benzene rings is 2. The monoisotopic (exact) mass is 776 g/mol. The number of aliphatic hydroxyl groups is 1. The summed E-state index contributed by atoms with van der Waals surface area (Å²) in [5, 5.41) is 19.8. The number of amides is 2. The van der Waals surface area contributed by atoms with Crippen LogP contribution in [0.1, 0.15) is 31.0 Å². The van der Waals surface area contributed by atoms with Gasteiger partial charge in [-0.15, -0.1) is 0 Å². The Morgan fingerprint density at radius 1 is 1.20 bits per heavy atom. The van der Waals surface area contributed by atoms with Crippen molar-refractivity contribution in [2.75, 3.05) is 26.9 Å². The first-order chi connectivity index (χ1) is 19.2. The van der Waals surface area contributed by atoms with Crippen molar-refractivity contribution in [1.29, 1.82) is 0 Å². The van der Waals surface area contributed by atoms with E-state index >= 15 is 0 Å². The molecule has 1 aliphatic rings. The molecule has 214 valence electrons. The number of rotatable bonds is 13. The minimum atomic E-state index is -1.11. The Kier molecular flexibility index (Phi) is 11.9. The lowest BCUT2D eigenvalue weighted by Gasteiger charge is -2.28. The number of esters is 1. The number of methoxy groups -OCH3 is 1. The number of carbonyl (C=O) groups is 2. The van der Waals surface area contributed by atoms with E-state index < -0.39 is 24.3 Å². The predicted octanol–water partition coefficient (Wildman–Crippen LogP) is 3.98. The summed E-state index contributed by atoms with van der Waals surface area (Å²) in [6, 6.07) is 7.67. The van der Waals surface area contributed by atoms with Crippen LogP contribution in [-0.2, 0) is 9.53 Å². The van der Waals surface area contributed by atoms with Crippen LogP contribution in [0.3, 0.4) is 0 Å². The Balaban J connectivity index is 1.68. The summed E-state index contributed by atoms with van der Waals surface area (Å²) in [6.07, 6.45) is 2.17. The van der Waals surface area contributed by atoms with Crippen LogP contribution in [0.5, 0.6) is 17.2 Å². The molecule has 0 aliphatic carbocycles. The largest absolute Gasteiger partial charge is 0.490 e. The second kappa shape index (κ2) is 15.1. The van der Waals surface area contributed by atoms with Crippen molar-refractivity contribution in [2.45, 2.75) is 26.1 Å². The van der Waals surface area contributed by atoms with Crippen LogP contribution < -0.4 is 30.3 Å². The van der Waals surface area contributed by atoms with Gasteiger partial charge in [0.25, 0.3) is 0 Å². The molecular formula is C27H30I2N4O7. The highest BCUT2D eigenvalue weighted by atomic mass is 127. The van der Waals surface area contributed by atoms with Crippen LogP contribution in [0.25, 0.3) is 0 Å². The molecule has 0 saturated carbocycles. The second-order valence-electron chi connectivity index (χ2n) is 8.33. The normalized spacial score (nSPS) is 15.7. The van der Waals surface area contributed by atoms with Crippen molar-refractivity contribution >= 4 is 63.4 Å². The lowest BCUT2D eigenvalue weighted by molar-refractivity contribution is -0.136. The summed E-state index contributed by atoms with van der Waals surface area (Å²) in [5.41, 5.74) is 4.74. The van der Waals surface area contributed by atoms with Gasteiger partial charge in [-0.2, -0.15) is 5.10 Å². The highest BCUT2D eigenvalue weighted by Gasteiger charge is 2.32. The van der Waals surface area contributed by atoms with E-state index in [1.54, 1.807) is 37.4 Å². The van der Waals surface area contributed by atoms with Crippen LogP contribution in [0.4, 0.5) is 4.79 Å². The first-order valence-electron chi connectivity index (χ1n) is 12.1. The molecule has 11 nitrogen and oxygen atoms in total. The van der Waals surface area contributed by atoms with E-state index in [1.165, 1.54) is 7.11 Å². The van der Waals surface area contributed by atoms with Gasteiger partial charge in [0, 0.05) is 5.70 Å². The minimum Gasteiger partial charge on any atom is -0.490 e. The highest BCUT2D eigenvalue weighted by Crippen LogP contribution is 2.35. The number of hydrogen-bond donors (Lipinski definition) is 4. The molecule has 2 atom stereocenters. The molecule has 40 heavy (non-hydrogen) atoms. The number of aliphatic hydroxyl groups excluding tert-OH is 1. The van der Waals surface area contributed by atoms with Gasteiger partial charge in [0.15, 0.2) is 17.7 Å². The third-order valence-electron chi connectivity index (χ3n) is 5.48. The number of nitrogens with zero attached hydrogens (tertiary/aromatic N) is 1. The molecule has 4 N–H and O–H groups in total. The van der Waals surface area contributed by atoms with Gasteiger partial charge in [0.05, 0.1) is 38.7 Å². The summed E-state index contributed by atoms with van der Waals surface area (Å²) in [6.45, 7) is 7.75. The first-order valence-corrected chi connectivity index (χ1v) is 14.3. The van der Waals surface area contributed by atoms with Gasteiger partial charge >= 0.3 is 12.0 Å². The molecule has 2 aromatic rings. The number of halogens is 2. The van der Waals surface area contributed by atoms with Crippen LogP contribution >= 0.6 is 45.2 Å². The molecule has 1 heterocycles. The van der Waals surface area contributed by atoms with Gasteiger partial charge in [0.1, 0.15) is 19.0 Å². The summed E-state index contributed by atoms with van der Waals surface area (Å²) in [5.74, 6) is 0.971. The van der Waals surface area contributed by atoms with E-state index in [0.29, 0.717) is 36.0 Å². The molecule has 0 spiro atoms. The predicted molar refractivity (Wildman–Crippen MR) is 167 cm³/mol. The van der Waals surface area contributed by atoms with Crippen LogP contribution in [0.15, 0.2) is 59.4 Å². The number of carbonyl (C=O) groups excluding carboxylic acids is 2. The van der Waals surface area contributed by atoms with Crippen LogP contribution in [0.2, 0.25) is 0 Å². The fourth-order valence-electron chi connectivity index (χ4n) is 3.75. The zero-order valence-electron chi connectivity index (χ0n) is 22.1. The number of hydrazone groups is 1. The smallest absolute Gasteiger partial charge is 0.337 e. The molecule has 0 bridgehead atoms. The molecule has 0 saturated heterocycles. The maximum Gasteiger partial charge on any atom is 0.337 e. The molecule has 0 unspecified atom stereocenters. The Bertz CT molecular complexity index is 1290. The van der Waals surface area contributed by atoms with Gasteiger partial charge in [-0.25, -0.2) is 9.59 Å². The number of urea groups is 1. The van der Waals surface area contributed by atoms with Gasteiger partial charge in [-0.1, -0.05) is 18.7 Å². The highest BCUT2D eigenvalue weighted by molar-refractivity contribution is 14.1.